The van der Waals surface area contributed by atoms with Gasteiger partial charge in [-0.3, -0.25) is 0 Å². The topological polar surface area (TPSA) is 59.4 Å². The maximum atomic E-state index is 13.9. The van der Waals surface area contributed by atoms with Crippen LogP contribution in [0.1, 0.15) is 69.8 Å². The molecular formula is C25H32F4N4O2. The van der Waals surface area contributed by atoms with Gasteiger partial charge in [0.2, 0.25) is 0 Å². The van der Waals surface area contributed by atoms with Crippen molar-refractivity contribution in [1.82, 2.24) is 19.8 Å². The number of carbonyl (C=O) groups is 1. The third-order valence-electron chi connectivity index (χ3n) is 6.50. The standard InChI is InChI=1S/C25H32F4N4O2/c1-24(2,3)35-23(34)32-11-8-16(9-12-32)22-31-21(15-33(22)18-5-4-10-30-14-18)17-6-7-20(26)19(13-17)25(27,28)29/h6-7,13,15-16,18,30H,4-5,8-12,14H2,1-3H3. The van der Waals surface area contributed by atoms with Crippen LogP contribution in [-0.2, 0) is 10.9 Å². The molecule has 0 bridgehead atoms. The molecule has 10 heteroatoms. The van der Waals surface area contributed by atoms with Crippen LogP contribution < -0.4 is 5.32 Å². The second-order valence-corrected chi connectivity index (χ2v) is 10.3. The fourth-order valence-corrected chi connectivity index (χ4v) is 4.76. The molecule has 192 valence electrons. The minimum Gasteiger partial charge on any atom is -0.444 e. The number of alkyl halides is 3. The van der Waals surface area contributed by atoms with Crippen molar-refractivity contribution in [2.45, 2.75) is 70.2 Å². The van der Waals surface area contributed by atoms with E-state index in [1.54, 1.807) is 11.1 Å². The van der Waals surface area contributed by atoms with Crippen LogP contribution in [0.5, 0.6) is 0 Å². The number of hydrogen-bond donors (Lipinski definition) is 1. The Labute approximate surface area is 202 Å². The summed E-state index contributed by atoms with van der Waals surface area (Å²) < 4.78 is 61.3. The Balaban J connectivity index is 1.61. The monoisotopic (exact) mass is 496 g/mol. The maximum Gasteiger partial charge on any atom is 0.419 e. The molecule has 0 aliphatic carbocycles. The van der Waals surface area contributed by atoms with Crippen molar-refractivity contribution >= 4 is 6.09 Å². The number of rotatable bonds is 3. The van der Waals surface area contributed by atoms with Gasteiger partial charge in [-0.05, 0) is 71.2 Å². The molecule has 0 saturated carbocycles. The first kappa shape index (κ1) is 25.5. The van der Waals surface area contributed by atoms with Crippen molar-refractivity contribution in [3.8, 4) is 11.3 Å². The van der Waals surface area contributed by atoms with Crippen LogP contribution >= 0.6 is 0 Å². The van der Waals surface area contributed by atoms with E-state index in [2.05, 4.69) is 9.88 Å². The van der Waals surface area contributed by atoms with E-state index >= 15 is 0 Å². The van der Waals surface area contributed by atoms with Gasteiger partial charge in [0.25, 0.3) is 0 Å². The zero-order chi connectivity index (χ0) is 25.4. The first-order chi connectivity index (χ1) is 16.4. The summed E-state index contributed by atoms with van der Waals surface area (Å²) in [7, 11) is 0. The number of ether oxygens (including phenoxy) is 1. The second-order valence-electron chi connectivity index (χ2n) is 10.3. The van der Waals surface area contributed by atoms with Crippen LogP contribution in [0.2, 0.25) is 0 Å². The van der Waals surface area contributed by atoms with Gasteiger partial charge in [-0.15, -0.1) is 0 Å². The van der Waals surface area contributed by atoms with Crippen LogP contribution in [0.3, 0.4) is 0 Å². The highest BCUT2D eigenvalue weighted by molar-refractivity contribution is 5.68. The molecule has 2 fully saturated rings. The summed E-state index contributed by atoms with van der Waals surface area (Å²) >= 11 is 0. The molecule has 2 saturated heterocycles. The average Bonchev–Trinajstić information content (AvgIpc) is 3.24. The van der Waals surface area contributed by atoms with E-state index < -0.39 is 23.2 Å². The summed E-state index contributed by atoms with van der Waals surface area (Å²) in [5.74, 6) is -0.450. The number of piperidine rings is 2. The lowest BCUT2D eigenvalue weighted by molar-refractivity contribution is -0.139. The minimum atomic E-state index is -4.78. The number of imidazole rings is 1. The SMILES string of the molecule is CC(C)(C)OC(=O)N1CCC(c2nc(-c3ccc(F)c(C(F)(F)F)c3)cn2C2CCCNC2)CC1. The second kappa shape index (κ2) is 9.79. The Morgan fingerprint density at radius 2 is 1.86 bits per heavy atom. The van der Waals surface area contributed by atoms with E-state index in [1.807, 2.05) is 20.8 Å². The fraction of sp³-hybridized carbons (Fsp3) is 0.600. The molecule has 3 heterocycles. The van der Waals surface area contributed by atoms with E-state index in [0.29, 0.717) is 31.6 Å². The van der Waals surface area contributed by atoms with Crippen molar-refractivity contribution in [2.75, 3.05) is 26.2 Å². The highest BCUT2D eigenvalue weighted by Crippen LogP contribution is 2.37. The Hall–Kier alpha value is -2.62. The Morgan fingerprint density at radius 3 is 2.46 bits per heavy atom. The average molecular weight is 497 g/mol. The molecule has 1 N–H and O–H groups in total. The lowest BCUT2D eigenvalue weighted by Crippen LogP contribution is -2.41. The normalized spacial score (nSPS) is 20.2. The number of nitrogens with one attached hydrogen (secondary N) is 1. The smallest absolute Gasteiger partial charge is 0.419 e. The van der Waals surface area contributed by atoms with Crippen LogP contribution in [0, 0.1) is 5.82 Å². The molecule has 1 aromatic carbocycles. The maximum absolute atomic E-state index is 13.9. The summed E-state index contributed by atoms with van der Waals surface area (Å²) in [6.07, 6.45) is -0.0659. The zero-order valence-corrected chi connectivity index (χ0v) is 20.3. The molecule has 1 amide bonds. The lowest BCUT2D eigenvalue weighted by Gasteiger charge is -2.34. The summed E-state index contributed by atoms with van der Waals surface area (Å²) in [5.41, 5.74) is -1.24. The number of likely N-dealkylation sites (tertiary alicyclic amines) is 1. The van der Waals surface area contributed by atoms with E-state index in [1.165, 1.54) is 6.07 Å². The molecule has 4 rings (SSSR count). The number of nitrogens with zero attached hydrogens (tertiary/aromatic N) is 3. The summed E-state index contributed by atoms with van der Waals surface area (Å²) in [5, 5.41) is 3.38. The first-order valence-electron chi connectivity index (χ1n) is 12.1. The predicted molar refractivity (Wildman–Crippen MR) is 124 cm³/mol. The highest BCUT2D eigenvalue weighted by Gasteiger charge is 2.35. The van der Waals surface area contributed by atoms with Crippen molar-refractivity contribution in [3.63, 3.8) is 0 Å². The third kappa shape index (κ3) is 5.97. The number of hydrogen-bond acceptors (Lipinski definition) is 4. The largest absolute Gasteiger partial charge is 0.444 e. The Kier molecular flexibility index (Phi) is 7.13. The number of benzene rings is 1. The van der Waals surface area contributed by atoms with E-state index in [-0.39, 0.29) is 23.6 Å². The number of halogens is 4. The molecule has 1 aromatic heterocycles. The molecule has 2 aromatic rings. The van der Waals surface area contributed by atoms with Gasteiger partial charge in [-0.25, -0.2) is 14.2 Å². The van der Waals surface area contributed by atoms with Gasteiger partial charge in [-0.1, -0.05) is 0 Å². The van der Waals surface area contributed by atoms with E-state index in [9.17, 15) is 22.4 Å². The van der Waals surface area contributed by atoms with E-state index in [0.717, 1.165) is 43.9 Å². The van der Waals surface area contributed by atoms with Gasteiger partial charge >= 0.3 is 12.3 Å². The molecule has 1 unspecified atom stereocenters. The molecule has 1 atom stereocenters. The van der Waals surface area contributed by atoms with Crippen LogP contribution in [0.15, 0.2) is 24.4 Å². The molecular weight excluding hydrogens is 464 g/mol. The molecule has 2 aliphatic heterocycles. The number of carbonyl (C=O) groups excluding carboxylic acids is 1. The number of aromatic nitrogens is 2. The fourth-order valence-electron chi connectivity index (χ4n) is 4.76. The Bertz CT molecular complexity index is 1050. The van der Waals surface area contributed by atoms with Crippen molar-refractivity contribution < 1.29 is 27.1 Å². The molecule has 0 spiro atoms. The quantitative estimate of drug-likeness (QED) is 0.550. The van der Waals surface area contributed by atoms with Crippen molar-refractivity contribution in [2.24, 2.45) is 0 Å². The van der Waals surface area contributed by atoms with Crippen LogP contribution in [-0.4, -0.2) is 52.3 Å². The minimum absolute atomic E-state index is 0.0481. The summed E-state index contributed by atoms with van der Waals surface area (Å²) in [4.78, 5) is 18.9. The highest BCUT2D eigenvalue weighted by atomic mass is 19.4. The van der Waals surface area contributed by atoms with Gasteiger partial charge < -0.3 is 19.5 Å². The van der Waals surface area contributed by atoms with Gasteiger partial charge in [0.15, 0.2) is 0 Å². The van der Waals surface area contributed by atoms with Crippen molar-refractivity contribution in [1.29, 1.82) is 0 Å². The van der Waals surface area contributed by atoms with Crippen molar-refractivity contribution in [3.05, 3.63) is 41.6 Å². The van der Waals surface area contributed by atoms with Gasteiger partial charge in [0.05, 0.1) is 11.3 Å². The van der Waals surface area contributed by atoms with Gasteiger partial charge in [0, 0.05) is 43.4 Å². The molecule has 6 nitrogen and oxygen atoms in total. The molecule has 0 radical (unpaired) electrons. The third-order valence-corrected chi connectivity index (χ3v) is 6.50. The number of amides is 1. The predicted octanol–water partition coefficient (Wildman–Crippen LogP) is 5.75. The molecule has 35 heavy (non-hydrogen) atoms. The van der Waals surface area contributed by atoms with Gasteiger partial charge in [-0.2, -0.15) is 13.2 Å². The summed E-state index contributed by atoms with van der Waals surface area (Å²) in [6.45, 7) is 8.18. The summed E-state index contributed by atoms with van der Waals surface area (Å²) in [6, 6.07) is 3.14. The Morgan fingerprint density at radius 1 is 1.14 bits per heavy atom. The first-order valence-corrected chi connectivity index (χ1v) is 12.1. The van der Waals surface area contributed by atoms with Gasteiger partial charge in [0.1, 0.15) is 17.2 Å². The molecule has 2 aliphatic rings. The van der Waals surface area contributed by atoms with E-state index in [4.69, 9.17) is 9.72 Å². The van der Waals surface area contributed by atoms with Crippen LogP contribution in [0.25, 0.3) is 11.3 Å². The lowest BCUT2D eigenvalue weighted by atomic mass is 9.95. The van der Waals surface area contributed by atoms with Crippen LogP contribution in [0.4, 0.5) is 22.4 Å². The zero-order valence-electron chi connectivity index (χ0n) is 20.3.